The minimum atomic E-state index is -4.02. The maximum Gasteiger partial charge on any atom is 0.294 e. The predicted molar refractivity (Wildman–Crippen MR) is 163 cm³/mol. The van der Waals surface area contributed by atoms with Crippen LogP contribution in [0.5, 0.6) is 0 Å². The lowest BCUT2D eigenvalue weighted by Gasteiger charge is -2.16. The lowest BCUT2D eigenvalue weighted by Crippen LogP contribution is -2.26. The van der Waals surface area contributed by atoms with E-state index < -0.39 is 15.7 Å². The van der Waals surface area contributed by atoms with Gasteiger partial charge in [0.15, 0.2) is 0 Å². The summed E-state index contributed by atoms with van der Waals surface area (Å²) in [6.45, 7) is 4.25. The van der Waals surface area contributed by atoms with Crippen molar-refractivity contribution in [3.05, 3.63) is 118 Å². The highest BCUT2D eigenvalue weighted by molar-refractivity contribution is 7.85. The molecule has 2 heterocycles. The summed E-state index contributed by atoms with van der Waals surface area (Å²) in [4.78, 5) is 18.9. The molecule has 6 rings (SSSR count). The highest BCUT2D eigenvalue weighted by atomic mass is 32.2. The molecule has 0 bridgehead atoms. The molecule has 0 saturated heterocycles. The fourth-order valence-electron chi connectivity index (χ4n) is 4.61. The summed E-state index contributed by atoms with van der Waals surface area (Å²) < 4.78 is 35.5. The Morgan fingerprint density at radius 1 is 1.07 bits per heavy atom. The number of carbonyl (C=O) groups is 1. The first-order valence-corrected chi connectivity index (χ1v) is 15.7. The number of aromatic nitrogens is 3. The number of nitrogens with two attached hydrogens (primary N) is 1. The van der Waals surface area contributed by atoms with E-state index in [0.717, 1.165) is 22.7 Å². The molecule has 1 amide bonds. The lowest BCUT2D eigenvalue weighted by atomic mass is 10.1. The van der Waals surface area contributed by atoms with Crippen LogP contribution in [0.3, 0.4) is 0 Å². The van der Waals surface area contributed by atoms with Crippen molar-refractivity contribution < 1.29 is 22.2 Å². The number of hydrogen-bond acceptors (Lipinski definition) is 9. The van der Waals surface area contributed by atoms with Crippen LogP contribution in [0.4, 0.5) is 0 Å². The van der Waals surface area contributed by atoms with Gasteiger partial charge in [0, 0.05) is 35.2 Å². The number of carbonyl (C=O) groups excluding carboxylic acids is 1. The molecular formula is C31H31N5O5S2. The molecule has 2 atom stereocenters. The van der Waals surface area contributed by atoms with Crippen LogP contribution in [0, 0.1) is 13.8 Å². The zero-order chi connectivity index (χ0) is 30.8. The van der Waals surface area contributed by atoms with Crippen LogP contribution in [0.2, 0.25) is 0 Å². The fourth-order valence-corrected chi connectivity index (χ4v) is 5.91. The number of thiazole rings is 1. The molecule has 0 spiro atoms. The van der Waals surface area contributed by atoms with Crippen LogP contribution >= 0.6 is 11.3 Å². The van der Waals surface area contributed by atoms with Gasteiger partial charge in [-0.25, -0.2) is 4.98 Å². The first-order valence-electron chi connectivity index (χ1n) is 13.4. The highest BCUT2D eigenvalue weighted by Gasteiger charge is 2.57. The van der Waals surface area contributed by atoms with E-state index in [1.54, 1.807) is 47.5 Å². The van der Waals surface area contributed by atoms with Gasteiger partial charge in [0.25, 0.3) is 16.0 Å². The Hall–Kier alpha value is -4.23. The Morgan fingerprint density at radius 3 is 2.44 bits per heavy atom. The zero-order valence-corrected chi connectivity index (χ0v) is 25.5. The van der Waals surface area contributed by atoms with E-state index in [4.69, 9.17) is 14.7 Å². The maximum absolute atomic E-state index is 12.9. The molecule has 1 aliphatic carbocycles. The Bertz CT molecular complexity index is 1840. The predicted octanol–water partition coefficient (Wildman–Crippen LogP) is 5.36. The van der Waals surface area contributed by atoms with Gasteiger partial charge >= 0.3 is 0 Å². The van der Waals surface area contributed by atoms with Gasteiger partial charge in [0.2, 0.25) is 11.8 Å². The topological polar surface area (TPSA) is 153 Å². The zero-order valence-electron chi connectivity index (χ0n) is 23.8. The average Bonchev–Trinajstić information content (AvgIpc) is 3.28. The first-order chi connectivity index (χ1) is 20.4. The first kappa shape index (κ1) is 30.2. The number of rotatable bonds is 7. The van der Waals surface area contributed by atoms with Crippen LogP contribution in [0.25, 0.3) is 11.5 Å². The van der Waals surface area contributed by atoms with Gasteiger partial charge in [-0.05, 0) is 56.2 Å². The van der Waals surface area contributed by atoms with Crippen molar-refractivity contribution in [1.29, 1.82) is 0 Å². The number of nitrogens with zero attached hydrogens (tertiary/aromatic N) is 4. The summed E-state index contributed by atoms with van der Waals surface area (Å²) in [6.07, 6.45) is 0.762. The molecule has 5 aromatic rings. The quantitative estimate of drug-likeness (QED) is 0.230. The van der Waals surface area contributed by atoms with Gasteiger partial charge < -0.3 is 15.1 Å². The van der Waals surface area contributed by atoms with Gasteiger partial charge in [-0.1, -0.05) is 54.1 Å². The number of amides is 1. The van der Waals surface area contributed by atoms with Gasteiger partial charge in [-0.15, -0.1) is 21.5 Å². The molecule has 1 saturated carbocycles. The second kappa shape index (κ2) is 12.2. The molecule has 10 nitrogen and oxygen atoms in total. The second-order valence-corrected chi connectivity index (χ2v) is 12.9. The molecule has 0 unspecified atom stereocenters. The smallest absolute Gasteiger partial charge is 0.294 e. The summed E-state index contributed by atoms with van der Waals surface area (Å²) in [5.41, 5.74) is 10.2. The lowest BCUT2D eigenvalue weighted by molar-refractivity contribution is 0.0785. The average molecular weight is 618 g/mol. The van der Waals surface area contributed by atoms with Crippen LogP contribution in [0.15, 0.2) is 93.6 Å². The van der Waals surface area contributed by atoms with E-state index in [1.807, 2.05) is 49.6 Å². The molecule has 2 aromatic heterocycles. The second-order valence-electron chi connectivity index (χ2n) is 10.5. The Labute approximate surface area is 254 Å². The molecule has 0 aliphatic heterocycles. The molecular weight excluding hydrogens is 587 g/mol. The summed E-state index contributed by atoms with van der Waals surface area (Å²) in [7, 11) is -2.25. The van der Waals surface area contributed by atoms with Gasteiger partial charge in [0.05, 0.1) is 11.4 Å². The maximum atomic E-state index is 12.9. The molecule has 1 aliphatic rings. The van der Waals surface area contributed by atoms with E-state index in [2.05, 4.69) is 27.3 Å². The third-order valence-corrected chi connectivity index (χ3v) is 8.91. The molecule has 222 valence electrons. The normalized spacial score (nSPS) is 17.6. The SMILES string of the molecule is Cc1ccc(S(=O)(=O)O)cc1.Cc1csc(CN(C)C(=O)c2cccc(-c3nnc([C@@]4(N)C[C@@H]4c4ccccc4)o3)c2)n1. The standard InChI is InChI=1S/C24H23N5O2S.C7H8O3S/c1-15-14-32-20(26-15)13-29(2)22(30)18-10-6-9-17(11-18)21-27-28-23(31-21)24(25)12-19(24)16-7-4-3-5-8-16;1-6-2-4-7(5-3-6)11(8,9)10/h3-11,14,19H,12-13,25H2,1-2H3;2-5H,1H3,(H,8,9,10)/t19-,24-;/m1./s1. The van der Waals surface area contributed by atoms with Gasteiger partial charge in [-0.3, -0.25) is 9.35 Å². The molecule has 0 radical (unpaired) electrons. The summed E-state index contributed by atoms with van der Waals surface area (Å²) >= 11 is 1.55. The minimum Gasteiger partial charge on any atom is -0.419 e. The van der Waals surface area contributed by atoms with Crippen molar-refractivity contribution in [2.45, 2.75) is 43.2 Å². The number of aryl methyl sites for hydroxylation is 2. The Balaban J connectivity index is 0.000000283. The van der Waals surface area contributed by atoms with Crippen LogP contribution < -0.4 is 5.73 Å². The van der Waals surface area contributed by atoms with Crippen molar-refractivity contribution in [3.8, 4) is 11.5 Å². The largest absolute Gasteiger partial charge is 0.419 e. The summed E-state index contributed by atoms with van der Waals surface area (Å²) in [5, 5.41) is 11.3. The van der Waals surface area contributed by atoms with Crippen LogP contribution in [-0.4, -0.2) is 46.0 Å². The van der Waals surface area contributed by atoms with Crippen molar-refractivity contribution in [2.24, 2.45) is 5.73 Å². The summed E-state index contributed by atoms with van der Waals surface area (Å²) in [5.74, 6) is 0.847. The van der Waals surface area contributed by atoms with Crippen LogP contribution in [0.1, 0.15) is 50.4 Å². The van der Waals surface area contributed by atoms with Gasteiger partial charge in [-0.2, -0.15) is 8.42 Å². The van der Waals surface area contributed by atoms with Crippen molar-refractivity contribution in [2.75, 3.05) is 7.05 Å². The minimum absolute atomic E-state index is 0.0666. The van der Waals surface area contributed by atoms with E-state index in [-0.39, 0.29) is 16.7 Å². The van der Waals surface area contributed by atoms with Crippen molar-refractivity contribution in [3.63, 3.8) is 0 Å². The van der Waals surface area contributed by atoms with E-state index in [0.29, 0.717) is 29.5 Å². The van der Waals surface area contributed by atoms with Crippen molar-refractivity contribution in [1.82, 2.24) is 20.1 Å². The van der Waals surface area contributed by atoms with Gasteiger partial charge in [0.1, 0.15) is 10.5 Å². The van der Waals surface area contributed by atoms with Crippen LogP contribution in [-0.2, 0) is 22.2 Å². The molecule has 1 fully saturated rings. The van der Waals surface area contributed by atoms with Crippen molar-refractivity contribution >= 4 is 27.4 Å². The molecule has 12 heteroatoms. The number of hydrogen-bond donors (Lipinski definition) is 2. The Kier molecular flexibility index (Phi) is 8.56. The third kappa shape index (κ3) is 7.05. The molecule has 3 N–H and O–H groups in total. The fraction of sp³-hybridized carbons (Fsp3) is 0.226. The Morgan fingerprint density at radius 2 is 1.79 bits per heavy atom. The van der Waals surface area contributed by atoms with E-state index in [9.17, 15) is 13.2 Å². The third-order valence-electron chi connectivity index (χ3n) is 7.09. The van der Waals surface area contributed by atoms with E-state index in [1.165, 1.54) is 17.7 Å². The number of benzene rings is 3. The monoisotopic (exact) mass is 617 g/mol. The summed E-state index contributed by atoms with van der Waals surface area (Å²) in [6, 6.07) is 23.3. The molecule has 43 heavy (non-hydrogen) atoms. The highest BCUT2D eigenvalue weighted by Crippen LogP contribution is 2.56. The molecule has 3 aromatic carbocycles. The van der Waals surface area contributed by atoms with E-state index >= 15 is 0 Å².